The summed E-state index contributed by atoms with van der Waals surface area (Å²) in [5.41, 5.74) is 2.94. The molecular weight excluding hydrogens is 397 g/mol. The molecule has 0 saturated carbocycles. The second-order valence-electron chi connectivity index (χ2n) is 8.89. The fraction of sp³-hybridized carbons (Fsp3) is 0.409. The molecule has 31 heavy (non-hydrogen) atoms. The zero-order chi connectivity index (χ0) is 21.8. The van der Waals surface area contributed by atoms with Crippen molar-refractivity contribution in [2.24, 2.45) is 7.05 Å². The first-order valence-corrected chi connectivity index (χ1v) is 10.5. The summed E-state index contributed by atoms with van der Waals surface area (Å²) in [6.07, 6.45) is 4.23. The first-order chi connectivity index (χ1) is 14.8. The van der Waals surface area contributed by atoms with Crippen LogP contribution in [-0.2, 0) is 13.5 Å². The Labute approximate surface area is 180 Å². The van der Waals surface area contributed by atoms with Gasteiger partial charge in [-0.15, -0.1) is 0 Å². The van der Waals surface area contributed by atoms with Crippen molar-refractivity contribution in [2.75, 3.05) is 41.3 Å². The SMILES string of the molecule is Cn1cc2cc(NC(=O)N3CCc4c(N5CCNC(C)(C)C5)ccnc43)cc(F)c2n1. The lowest BCUT2D eigenvalue weighted by Crippen LogP contribution is -2.57. The van der Waals surface area contributed by atoms with E-state index in [2.05, 4.69) is 39.5 Å². The highest BCUT2D eigenvalue weighted by atomic mass is 19.1. The highest BCUT2D eigenvalue weighted by Gasteiger charge is 2.32. The maximum absolute atomic E-state index is 14.4. The average Bonchev–Trinajstić information content (AvgIpc) is 3.30. The van der Waals surface area contributed by atoms with Gasteiger partial charge in [0.2, 0.25) is 0 Å². The van der Waals surface area contributed by atoms with E-state index in [9.17, 15) is 9.18 Å². The van der Waals surface area contributed by atoms with Crippen LogP contribution in [-0.4, -0.2) is 52.5 Å². The molecule has 4 heterocycles. The molecule has 2 aliphatic rings. The largest absolute Gasteiger partial charge is 0.368 e. The van der Waals surface area contributed by atoms with Crippen molar-refractivity contribution >= 4 is 34.1 Å². The van der Waals surface area contributed by atoms with E-state index in [1.54, 1.807) is 35.1 Å². The Bertz CT molecular complexity index is 1170. The summed E-state index contributed by atoms with van der Waals surface area (Å²) in [6, 6.07) is 4.75. The molecule has 5 rings (SSSR count). The molecule has 0 bridgehead atoms. The van der Waals surface area contributed by atoms with E-state index in [1.807, 2.05) is 6.07 Å². The number of anilines is 3. The van der Waals surface area contributed by atoms with E-state index in [0.717, 1.165) is 37.3 Å². The number of carbonyl (C=O) groups is 1. The topological polar surface area (TPSA) is 78.3 Å². The Morgan fingerprint density at radius 3 is 2.94 bits per heavy atom. The highest BCUT2D eigenvalue weighted by molar-refractivity contribution is 6.03. The van der Waals surface area contributed by atoms with E-state index in [4.69, 9.17) is 0 Å². The third-order valence-corrected chi connectivity index (χ3v) is 5.93. The summed E-state index contributed by atoms with van der Waals surface area (Å²) in [6.45, 7) is 7.64. The van der Waals surface area contributed by atoms with Crippen molar-refractivity contribution in [3.05, 3.63) is 42.0 Å². The summed E-state index contributed by atoms with van der Waals surface area (Å²) in [5, 5.41) is 11.1. The summed E-state index contributed by atoms with van der Waals surface area (Å²) in [7, 11) is 1.74. The van der Waals surface area contributed by atoms with Gasteiger partial charge < -0.3 is 15.5 Å². The Morgan fingerprint density at radius 1 is 1.29 bits per heavy atom. The van der Waals surface area contributed by atoms with Crippen molar-refractivity contribution in [2.45, 2.75) is 25.8 Å². The second-order valence-corrected chi connectivity index (χ2v) is 8.89. The molecule has 2 amide bonds. The molecule has 0 radical (unpaired) electrons. The van der Waals surface area contributed by atoms with Crippen molar-refractivity contribution in [1.29, 1.82) is 0 Å². The molecule has 2 N–H and O–H groups in total. The van der Waals surface area contributed by atoms with Crippen LogP contribution in [0.4, 0.5) is 26.4 Å². The number of hydrogen-bond donors (Lipinski definition) is 2. The van der Waals surface area contributed by atoms with Gasteiger partial charge in [0.25, 0.3) is 0 Å². The van der Waals surface area contributed by atoms with Crippen molar-refractivity contribution in [3.63, 3.8) is 0 Å². The lowest BCUT2D eigenvalue weighted by Gasteiger charge is -2.41. The number of hydrogen-bond acceptors (Lipinski definition) is 5. The van der Waals surface area contributed by atoms with E-state index in [1.165, 1.54) is 6.07 Å². The van der Waals surface area contributed by atoms with E-state index in [-0.39, 0.29) is 17.1 Å². The van der Waals surface area contributed by atoms with Crippen LogP contribution in [0.1, 0.15) is 19.4 Å². The number of aryl methyl sites for hydroxylation is 1. The number of amides is 2. The smallest absolute Gasteiger partial charge is 0.327 e. The number of aromatic nitrogens is 3. The number of rotatable bonds is 2. The monoisotopic (exact) mass is 423 g/mol. The minimum Gasteiger partial charge on any atom is -0.368 e. The van der Waals surface area contributed by atoms with Crippen LogP contribution < -0.4 is 20.4 Å². The molecule has 0 spiro atoms. The Kier molecular flexibility index (Phi) is 4.58. The van der Waals surface area contributed by atoms with Crippen molar-refractivity contribution in [3.8, 4) is 0 Å². The minimum absolute atomic E-state index is 0.0269. The molecule has 162 valence electrons. The molecule has 1 aromatic carbocycles. The molecule has 1 fully saturated rings. The standard InChI is InChI=1S/C22H26FN7O/c1-22(2)13-29(9-7-25-22)18-4-6-24-20-16(18)5-8-30(20)21(31)26-15-10-14-12-28(3)27-19(14)17(23)11-15/h4,6,10-12,25H,5,7-9,13H2,1-3H3,(H,26,31). The minimum atomic E-state index is -0.461. The zero-order valence-electron chi connectivity index (χ0n) is 17.9. The fourth-order valence-electron chi connectivity index (χ4n) is 4.59. The number of benzene rings is 1. The average molecular weight is 423 g/mol. The Hall–Kier alpha value is -3.20. The molecule has 0 unspecified atom stereocenters. The lowest BCUT2D eigenvalue weighted by atomic mass is 10.0. The second kappa shape index (κ2) is 7.19. The van der Waals surface area contributed by atoms with Crippen LogP contribution in [0.15, 0.2) is 30.6 Å². The van der Waals surface area contributed by atoms with Crippen LogP contribution in [0, 0.1) is 5.82 Å². The van der Waals surface area contributed by atoms with Gasteiger partial charge in [0.15, 0.2) is 5.82 Å². The molecule has 2 aromatic heterocycles. The molecule has 1 saturated heterocycles. The predicted octanol–water partition coefficient (Wildman–Crippen LogP) is 2.89. The number of carbonyl (C=O) groups excluding carboxylic acids is 1. The third-order valence-electron chi connectivity index (χ3n) is 5.93. The van der Waals surface area contributed by atoms with Crippen LogP contribution in [0.3, 0.4) is 0 Å². The number of halogens is 1. The van der Waals surface area contributed by atoms with Crippen molar-refractivity contribution < 1.29 is 9.18 Å². The fourth-order valence-corrected chi connectivity index (χ4v) is 4.59. The molecule has 3 aromatic rings. The summed E-state index contributed by atoms with van der Waals surface area (Å²) in [5.74, 6) is 0.214. The van der Waals surface area contributed by atoms with Crippen LogP contribution in [0.5, 0.6) is 0 Å². The molecular formula is C22H26FN7O. The molecule has 0 atom stereocenters. The Balaban J connectivity index is 1.39. The number of piperazine rings is 1. The van der Waals surface area contributed by atoms with Gasteiger partial charge in [-0.25, -0.2) is 14.2 Å². The van der Waals surface area contributed by atoms with Gasteiger partial charge in [-0.2, -0.15) is 5.10 Å². The molecule has 2 aliphatic heterocycles. The quantitative estimate of drug-likeness (QED) is 0.663. The first-order valence-electron chi connectivity index (χ1n) is 10.5. The van der Waals surface area contributed by atoms with Gasteiger partial charge in [-0.05, 0) is 38.5 Å². The predicted molar refractivity (Wildman–Crippen MR) is 119 cm³/mol. The molecule has 0 aliphatic carbocycles. The third kappa shape index (κ3) is 3.59. The van der Waals surface area contributed by atoms with Gasteiger partial charge in [0.05, 0.1) is 0 Å². The van der Waals surface area contributed by atoms with Crippen LogP contribution in [0.25, 0.3) is 10.9 Å². The number of urea groups is 1. The molecule has 9 heteroatoms. The lowest BCUT2D eigenvalue weighted by molar-refractivity contribution is 0.257. The van der Waals surface area contributed by atoms with Crippen LogP contribution in [0.2, 0.25) is 0 Å². The van der Waals surface area contributed by atoms with E-state index >= 15 is 0 Å². The van der Waals surface area contributed by atoms with Gasteiger partial charge in [-0.3, -0.25) is 9.58 Å². The number of nitrogens with one attached hydrogen (secondary N) is 2. The summed E-state index contributed by atoms with van der Waals surface area (Å²) < 4.78 is 15.9. The summed E-state index contributed by atoms with van der Waals surface area (Å²) >= 11 is 0. The first kappa shape index (κ1) is 19.7. The van der Waals surface area contributed by atoms with Crippen molar-refractivity contribution in [1.82, 2.24) is 20.1 Å². The van der Waals surface area contributed by atoms with Gasteiger partial charge in [-0.1, -0.05) is 0 Å². The number of nitrogens with zero attached hydrogens (tertiary/aromatic N) is 5. The number of fused-ring (bicyclic) bond motifs is 2. The highest BCUT2D eigenvalue weighted by Crippen LogP contribution is 2.35. The Morgan fingerprint density at radius 2 is 2.13 bits per heavy atom. The van der Waals surface area contributed by atoms with E-state index in [0.29, 0.717) is 23.4 Å². The van der Waals surface area contributed by atoms with Gasteiger partial charge >= 0.3 is 6.03 Å². The number of pyridine rings is 1. The van der Waals surface area contributed by atoms with Gasteiger partial charge in [0.1, 0.15) is 11.3 Å². The zero-order valence-corrected chi connectivity index (χ0v) is 17.9. The molecule has 8 nitrogen and oxygen atoms in total. The van der Waals surface area contributed by atoms with Crippen LogP contribution >= 0.6 is 0 Å². The van der Waals surface area contributed by atoms with E-state index < -0.39 is 5.82 Å². The maximum atomic E-state index is 14.4. The summed E-state index contributed by atoms with van der Waals surface area (Å²) in [4.78, 5) is 21.5. The normalized spacial score (nSPS) is 17.8. The van der Waals surface area contributed by atoms with Gasteiger partial charge in [0, 0.05) is 73.5 Å². The maximum Gasteiger partial charge on any atom is 0.327 e.